The Bertz CT molecular complexity index is 1110. The number of rotatable bonds is 6. The van der Waals surface area contributed by atoms with Gasteiger partial charge in [-0.3, -0.25) is 15.0 Å². The predicted molar refractivity (Wildman–Crippen MR) is 132 cm³/mol. The predicted octanol–water partition coefficient (Wildman–Crippen LogP) is 5.65. The van der Waals surface area contributed by atoms with Gasteiger partial charge in [0.15, 0.2) is 5.78 Å². The topological polar surface area (TPSA) is 74.4 Å². The van der Waals surface area contributed by atoms with E-state index in [1.807, 2.05) is 32.9 Å². The molecular formula is C27H33N3O3. The number of Topliss-reactive ketones (excluding diaryl/α,β-unsaturated/α-hetero) is 1. The van der Waals surface area contributed by atoms with Gasteiger partial charge in [0.1, 0.15) is 5.60 Å². The molecule has 1 amide bonds. The van der Waals surface area contributed by atoms with Crippen molar-refractivity contribution in [1.82, 2.24) is 9.88 Å². The van der Waals surface area contributed by atoms with Crippen LogP contribution in [0.5, 0.6) is 0 Å². The van der Waals surface area contributed by atoms with E-state index in [2.05, 4.69) is 45.5 Å². The first-order valence-corrected chi connectivity index (χ1v) is 11.7. The minimum absolute atomic E-state index is 0.0946. The van der Waals surface area contributed by atoms with E-state index in [1.54, 1.807) is 12.3 Å². The maximum Gasteiger partial charge on any atom is 0.412 e. The van der Waals surface area contributed by atoms with E-state index in [9.17, 15) is 9.59 Å². The third-order valence-electron chi connectivity index (χ3n) is 6.07. The number of aromatic nitrogens is 1. The quantitative estimate of drug-likeness (QED) is 0.479. The van der Waals surface area contributed by atoms with Crippen LogP contribution in [-0.4, -0.2) is 47.0 Å². The molecule has 0 atom stereocenters. The summed E-state index contributed by atoms with van der Waals surface area (Å²) in [5, 5.41) is 3.57. The number of likely N-dealkylation sites (tertiary alicyclic amines) is 1. The van der Waals surface area contributed by atoms with E-state index < -0.39 is 11.7 Å². The van der Waals surface area contributed by atoms with Gasteiger partial charge < -0.3 is 9.72 Å². The number of nitrogens with zero attached hydrogens (tertiary/aromatic N) is 1. The molecule has 0 bridgehead atoms. The number of H-pyrrole nitrogens is 1. The van der Waals surface area contributed by atoms with Crippen molar-refractivity contribution in [2.24, 2.45) is 5.92 Å². The molecule has 3 aromatic rings. The number of carbonyl (C=O) groups excluding carboxylic acids is 2. The number of benzene rings is 2. The first kappa shape index (κ1) is 23.1. The Balaban J connectivity index is 1.36. The van der Waals surface area contributed by atoms with Crippen molar-refractivity contribution in [2.75, 3.05) is 25.0 Å². The standard InChI is InChI=1S/C27H33N3O3/c1-27(2,3)33-26(32)29-21-9-10-24-22(16-21)23(17-28-24)25(31)18-30-13-11-20(12-14-30)15-19-7-5-4-6-8-19/h4-10,16-17,20,28H,11-15,18H2,1-3H3,(H,29,32). The van der Waals surface area contributed by atoms with Crippen LogP contribution < -0.4 is 5.32 Å². The molecule has 2 aromatic carbocycles. The maximum atomic E-state index is 13.1. The summed E-state index contributed by atoms with van der Waals surface area (Å²) in [6, 6.07) is 16.1. The zero-order chi connectivity index (χ0) is 23.4. The average Bonchev–Trinajstić information content (AvgIpc) is 3.18. The van der Waals surface area contributed by atoms with E-state index in [1.165, 1.54) is 5.56 Å². The summed E-state index contributed by atoms with van der Waals surface area (Å²) in [5.41, 5.74) is 2.95. The van der Waals surface area contributed by atoms with Gasteiger partial charge >= 0.3 is 6.09 Å². The number of amides is 1. The van der Waals surface area contributed by atoms with Crippen LogP contribution in [0.4, 0.5) is 10.5 Å². The molecule has 6 nitrogen and oxygen atoms in total. The highest BCUT2D eigenvalue weighted by Crippen LogP contribution is 2.25. The van der Waals surface area contributed by atoms with Gasteiger partial charge in [-0.1, -0.05) is 30.3 Å². The number of hydrogen-bond donors (Lipinski definition) is 2. The van der Waals surface area contributed by atoms with Crippen molar-refractivity contribution in [1.29, 1.82) is 0 Å². The fraction of sp³-hybridized carbons (Fsp3) is 0.407. The number of ether oxygens (including phenoxy) is 1. The van der Waals surface area contributed by atoms with Crippen LogP contribution in [0.1, 0.15) is 49.5 Å². The zero-order valence-corrected chi connectivity index (χ0v) is 19.7. The summed E-state index contributed by atoms with van der Waals surface area (Å²) in [6.07, 6.45) is 4.59. The molecule has 0 spiro atoms. The molecular weight excluding hydrogens is 414 g/mol. The smallest absolute Gasteiger partial charge is 0.412 e. The first-order chi connectivity index (χ1) is 15.8. The van der Waals surface area contributed by atoms with Crippen LogP contribution in [0, 0.1) is 5.92 Å². The Labute approximate surface area is 195 Å². The third kappa shape index (κ3) is 6.23. The molecule has 2 heterocycles. The average molecular weight is 448 g/mol. The summed E-state index contributed by atoms with van der Waals surface area (Å²) < 4.78 is 5.33. The number of hydrogen-bond acceptors (Lipinski definition) is 4. The number of piperidine rings is 1. The highest BCUT2D eigenvalue weighted by atomic mass is 16.6. The number of anilines is 1. The summed E-state index contributed by atoms with van der Waals surface area (Å²) in [6.45, 7) is 7.76. The number of ketones is 1. The van der Waals surface area contributed by atoms with E-state index >= 15 is 0 Å². The van der Waals surface area contributed by atoms with Crippen molar-refractivity contribution in [2.45, 2.75) is 45.6 Å². The molecule has 174 valence electrons. The molecule has 1 aromatic heterocycles. The summed E-state index contributed by atoms with van der Waals surface area (Å²) in [5.74, 6) is 0.769. The van der Waals surface area contributed by atoms with Crippen LogP contribution in [0.15, 0.2) is 54.7 Å². The van der Waals surface area contributed by atoms with Gasteiger partial charge in [0.2, 0.25) is 0 Å². The molecule has 1 fully saturated rings. The fourth-order valence-electron chi connectivity index (χ4n) is 4.43. The van der Waals surface area contributed by atoms with Crippen LogP contribution in [0.2, 0.25) is 0 Å². The number of carbonyl (C=O) groups is 2. The highest BCUT2D eigenvalue weighted by Gasteiger charge is 2.23. The molecule has 6 heteroatoms. The van der Waals surface area contributed by atoms with Gasteiger partial charge in [0.05, 0.1) is 6.54 Å². The van der Waals surface area contributed by atoms with Gasteiger partial charge in [-0.2, -0.15) is 0 Å². The second-order valence-electron chi connectivity index (χ2n) is 9.92. The van der Waals surface area contributed by atoms with Crippen LogP contribution in [-0.2, 0) is 11.2 Å². The monoisotopic (exact) mass is 447 g/mol. The molecule has 4 rings (SSSR count). The maximum absolute atomic E-state index is 13.1. The van der Waals surface area contributed by atoms with E-state index in [0.717, 1.165) is 43.3 Å². The largest absolute Gasteiger partial charge is 0.444 e. The van der Waals surface area contributed by atoms with Gasteiger partial charge in [0, 0.05) is 28.4 Å². The lowest BCUT2D eigenvalue weighted by molar-refractivity contribution is 0.0635. The van der Waals surface area contributed by atoms with Crippen LogP contribution in [0.25, 0.3) is 10.9 Å². The Hall–Kier alpha value is -3.12. The lowest BCUT2D eigenvalue weighted by atomic mass is 9.90. The highest BCUT2D eigenvalue weighted by molar-refractivity contribution is 6.09. The molecule has 0 radical (unpaired) electrons. The van der Waals surface area contributed by atoms with E-state index in [0.29, 0.717) is 23.7 Å². The van der Waals surface area contributed by atoms with Crippen molar-refractivity contribution < 1.29 is 14.3 Å². The Morgan fingerprint density at radius 1 is 1.09 bits per heavy atom. The zero-order valence-electron chi connectivity index (χ0n) is 19.7. The van der Waals surface area contributed by atoms with E-state index in [4.69, 9.17) is 4.74 Å². The van der Waals surface area contributed by atoms with Gasteiger partial charge in [-0.25, -0.2) is 4.79 Å². The lowest BCUT2D eigenvalue weighted by Gasteiger charge is -2.31. The molecule has 33 heavy (non-hydrogen) atoms. The minimum atomic E-state index is -0.571. The van der Waals surface area contributed by atoms with Crippen molar-refractivity contribution in [3.05, 3.63) is 65.9 Å². The molecule has 0 saturated carbocycles. The first-order valence-electron chi connectivity index (χ1n) is 11.7. The Morgan fingerprint density at radius 2 is 1.82 bits per heavy atom. The van der Waals surface area contributed by atoms with Gasteiger partial charge in [-0.15, -0.1) is 0 Å². The second kappa shape index (κ2) is 9.79. The molecule has 0 unspecified atom stereocenters. The number of nitrogens with one attached hydrogen (secondary N) is 2. The molecule has 0 aliphatic carbocycles. The molecule has 1 aliphatic heterocycles. The SMILES string of the molecule is CC(C)(C)OC(=O)Nc1ccc2[nH]cc(C(=O)CN3CCC(Cc4ccccc4)CC3)c2c1. The normalized spacial score (nSPS) is 15.5. The molecule has 2 N–H and O–H groups in total. The van der Waals surface area contributed by atoms with Crippen molar-refractivity contribution >= 4 is 28.5 Å². The molecule has 1 aliphatic rings. The number of aromatic amines is 1. The van der Waals surface area contributed by atoms with Crippen LogP contribution >= 0.6 is 0 Å². The lowest BCUT2D eigenvalue weighted by Crippen LogP contribution is -2.37. The van der Waals surface area contributed by atoms with Crippen LogP contribution in [0.3, 0.4) is 0 Å². The van der Waals surface area contributed by atoms with Crippen molar-refractivity contribution in [3.8, 4) is 0 Å². The van der Waals surface area contributed by atoms with Gasteiger partial charge in [0.25, 0.3) is 0 Å². The second-order valence-corrected chi connectivity index (χ2v) is 9.92. The fourth-order valence-corrected chi connectivity index (χ4v) is 4.43. The third-order valence-corrected chi connectivity index (χ3v) is 6.07. The summed E-state index contributed by atoms with van der Waals surface area (Å²) >= 11 is 0. The summed E-state index contributed by atoms with van der Waals surface area (Å²) in [7, 11) is 0. The minimum Gasteiger partial charge on any atom is -0.444 e. The molecule has 1 saturated heterocycles. The Morgan fingerprint density at radius 3 is 2.52 bits per heavy atom. The summed E-state index contributed by atoms with van der Waals surface area (Å²) in [4.78, 5) is 30.7. The van der Waals surface area contributed by atoms with E-state index in [-0.39, 0.29) is 5.78 Å². The Kier molecular flexibility index (Phi) is 6.84. The van der Waals surface area contributed by atoms with Crippen molar-refractivity contribution in [3.63, 3.8) is 0 Å². The number of fused-ring (bicyclic) bond motifs is 1. The van der Waals surface area contributed by atoms with Gasteiger partial charge in [-0.05, 0) is 82.8 Å².